The van der Waals surface area contributed by atoms with Crippen LogP contribution in [0.4, 0.5) is 8.78 Å². The van der Waals surface area contributed by atoms with Crippen molar-refractivity contribution in [1.82, 2.24) is 5.32 Å². The molecule has 0 amide bonds. The lowest BCUT2D eigenvalue weighted by Crippen LogP contribution is -2.23. The topological polar surface area (TPSA) is 12.0 Å². The molecule has 0 saturated heterocycles. The molecule has 92 valence electrons. The summed E-state index contributed by atoms with van der Waals surface area (Å²) in [6.45, 7) is 2.68. The summed E-state index contributed by atoms with van der Waals surface area (Å²) in [6, 6.07) is 1.69. The molecule has 17 heavy (non-hydrogen) atoms. The van der Waals surface area contributed by atoms with Crippen molar-refractivity contribution in [3.05, 3.63) is 34.4 Å². The highest BCUT2D eigenvalue weighted by Gasteiger charge is 2.16. The van der Waals surface area contributed by atoms with Crippen LogP contribution in [0.3, 0.4) is 0 Å². The summed E-state index contributed by atoms with van der Waals surface area (Å²) in [4.78, 5) is 0. The Morgan fingerprint density at radius 1 is 1.41 bits per heavy atom. The lowest BCUT2D eigenvalue weighted by molar-refractivity contribution is 0.500. The van der Waals surface area contributed by atoms with Crippen LogP contribution in [0.1, 0.15) is 31.4 Å². The fourth-order valence-electron chi connectivity index (χ4n) is 1.53. The SMILES string of the molecule is C#CCC(NCCC)c1cc(F)c(Cl)cc1F. The molecule has 4 heteroatoms. The quantitative estimate of drug-likeness (QED) is 0.627. The standard InChI is InChI=1S/C13H14ClF2N/c1-3-5-13(17-6-4-2)9-7-12(16)10(14)8-11(9)15/h1,7-8,13,17H,4-6H2,2H3. The maximum Gasteiger partial charge on any atom is 0.142 e. The molecule has 0 aromatic heterocycles. The summed E-state index contributed by atoms with van der Waals surface area (Å²) >= 11 is 5.50. The van der Waals surface area contributed by atoms with Gasteiger partial charge in [-0.2, -0.15) is 0 Å². The monoisotopic (exact) mass is 257 g/mol. The van der Waals surface area contributed by atoms with Gasteiger partial charge in [-0.15, -0.1) is 12.3 Å². The molecular weight excluding hydrogens is 244 g/mol. The van der Waals surface area contributed by atoms with Crippen LogP contribution in [0.25, 0.3) is 0 Å². The number of hydrogen-bond acceptors (Lipinski definition) is 1. The van der Waals surface area contributed by atoms with Crippen molar-refractivity contribution >= 4 is 11.6 Å². The van der Waals surface area contributed by atoms with Gasteiger partial charge in [0, 0.05) is 18.0 Å². The van der Waals surface area contributed by atoms with Gasteiger partial charge in [-0.25, -0.2) is 8.78 Å². The lowest BCUT2D eigenvalue weighted by Gasteiger charge is -2.17. The number of halogens is 3. The third-order valence-corrected chi connectivity index (χ3v) is 2.67. The molecule has 0 heterocycles. The summed E-state index contributed by atoms with van der Waals surface area (Å²) in [7, 11) is 0. The molecule has 1 nitrogen and oxygen atoms in total. The van der Waals surface area contributed by atoms with Crippen molar-refractivity contribution in [2.45, 2.75) is 25.8 Å². The van der Waals surface area contributed by atoms with Gasteiger partial charge in [0.1, 0.15) is 11.6 Å². The van der Waals surface area contributed by atoms with Crippen LogP contribution in [0.2, 0.25) is 5.02 Å². The van der Waals surface area contributed by atoms with Gasteiger partial charge in [0.15, 0.2) is 0 Å². The number of hydrogen-bond donors (Lipinski definition) is 1. The van der Waals surface area contributed by atoms with Gasteiger partial charge in [-0.05, 0) is 25.1 Å². The highest BCUT2D eigenvalue weighted by molar-refractivity contribution is 6.30. The first kappa shape index (κ1) is 14.0. The van der Waals surface area contributed by atoms with Gasteiger partial charge in [-0.1, -0.05) is 18.5 Å². The van der Waals surface area contributed by atoms with Crippen LogP contribution in [0.5, 0.6) is 0 Å². The molecule has 0 radical (unpaired) electrons. The Labute approximate surface area is 105 Å². The largest absolute Gasteiger partial charge is 0.309 e. The molecule has 0 spiro atoms. The fourth-order valence-corrected chi connectivity index (χ4v) is 1.68. The van der Waals surface area contributed by atoms with Crippen LogP contribution in [-0.2, 0) is 0 Å². The van der Waals surface area contributed by atoms with Crippen molar-refractivity contribution in [2.75, 3.05) is 6.54 Å². The van der Waals surface area contributed by atoms with E-state index in [1.54, 1.807) is 0 Å². The van der Waals surface area contributed by atoms with E-state index in [2.05, 4.69) is 11.2 Å². The molecule has 1 aromatic rings. The normalized spacial score (nSPS) is 12.2. The first-order chi connectivity index (χ1) is 8.10. The van der Waals surface area contributed by atoms with E-state index >= 15 is 0 Å². The van der Waals surface area contributed by atoms with Crippen LogP contribution >= 0.6 is 11.6 Å². The Morgan fingerprint density at radius 3 is 2.71 bits per heavy atom. The minimum Gasteiger partial charge on any atom is -0.309 e. The second kappa shape index (κ2) is 6.58. The van der Waals surface area contributed by atoms with E-state index in [0.717, 1.165) is 18.6 Å². The predicted molar refractivity (Wildman–Crippen MR) is 65.9 cm³/mol. The molecule has 1 atom stereocenters. The van der Waals surface area contributed by atoms with E-state index < -0.39 is 11.6 Å². The molecule has 0 aliphatic rings. The molecule has 0 aliphatic carbocycles. The van der Waals surface area contributed by atoms with E-state index in [9.17, 15) is 8.78 Å². The van der Waals surface area contributed by atoms with Crippen molar-refractivity contribution in [3.63, 3.8) is 0 Å². The number of nitrogens with one attached hydrogen (secondary N) is 1. The zero-order valence-corrected chi connectivity index (χ0v) is 10.3. The predicted octanol–water partition coefficient (Wildman–Crippen LogP) is 3.68. The van der Waals surface area contributed by atoms with Gasteiger partial charge in [0.05, 0.1) is 5.02 Å². The summed E-state index contributed by atoms with van der Waals surface area (Å²) in [5.41, 5.74) is 0.221. The first-order valence-corrected chi connectivity index (χ1v) is 5.79. The molecule has 0 saturated carbocycles. The first-order valence-electron chi connectivity index (χ1n) is 5.41. The molecule has 0 aliphatic heterocycles. The van der Waals surface area contributed by atoms with Gasteiger partial charge >= 0.3 is 0 Å². The Hall–Kier alpha value is -1.11. The van der Waals surface area contributed by atoms with E-state index in [4.69, 9.17) is 18.0 Å². The average Bonchev–Trinajstić information content (AvgIpc) is 2.29. The van der Waals surface area contributed by atoms with Crippen molar-refractivity contribution < 1.29 is 8.78 Å². The van der Waals surface area contributed by atoms with Crippen molar-refractivity contribution in [1.29, 1.82) is 0 Å². The molecule has 1 aromatic carbocycles. The van der Waals surface area contributed by atoms with E-state index in [1.807, 2.05) is 6.92 Å². The van der Waals surface area contributed by atoms with E-state index in [-0.39, 0.29) is 16.6 Å². The summed E-state index contributed by atoms with van der Waals surface area (Å²) < 4.78 is 27.0. The minimum atomic E-state index is -0.636. The highest BCUT2D eigenvalue weighted by Crippen LogP contribution is 2.25. The Morgan fingerprint density at radius 2 is 2.12 bits per heavy atom. The summed E-state index contributed by atoms with van der Waals surface area (Å²) in [6.07, 6.45) is 6.42. The molecule has 1 rings (SSSR count). The van der Waals surface area contributed by atoms with Gasteiger partial charge in [0.25, 0.3) is 0 Å². The Bertz CT molecular complexity index is 426. The number of benzene rings is 1. The van der Waals surface area contributed by atoms with Gasteiger partial charge < -0.3 is 5.32 Å². The smallest absolute Gasteiger partial charge is 0.142 e. The Kier molecular flexibility index (Phi) is 5.40. The van der Waals surface area contributed by atoms with Gasteiger partial charge in [-0.3, -0.25) is 0 Å². The third kappa shape index (κ3) is 3.69. The second-order valence-electron chi connectivity index (χ2n) is 3.70. The molecular formula is C13H14ClF2N. The van der Waals surface area contributed by atoms with Crippen LogP contribution in [-0.4, -0.2) is 6.54 Å². The number of terminal acetylenes is 1. The van der Waals surface area contributed by atoms with Crippen molar-refractivity contribution in [3.8, 4) is 12.3 Å². The average molecular weight is 258 g/mol. The Balaban J connectivity index is 3.01. The third-order valence-electron chi connectivity index (χ3n) is 2.38. The van der Waals surface area contributed by atoms with Gasteiger partial charge in [0.2, 0.25) is 0 Å². The number of rotatable bonds is 5. The molecule has 1 unspecified atom stereocenters. The highest BCUT2D eigenvalue weighted by atomic mass is 35.5. The zero-order chi connectivity index (χ0) is 12.8. The van der Waals surface area contributed by atoms with E-state index in [1.165, 1.54) is 0 Å². The zero-order valence-electron chi connectivity index (χ0n) is 9.56. The van der Waals surface area contributed by atoms with Crippen LogP contribution in [0, 0.1) is 24.0 Å². The molecule has 1 N–H and O–H groups in total. The van der Waals surface area contributed by atoms with Crippen LogP contribution in [0.15, 0.2) is 12.1 Å². The molecule has 0 bridgehead atoms. The maximum absolute atomic E-state index is 13.7. The lowest BCUT2D eigenvalue weighted by atomic mass is 10.0. The van der Waals surface area contributed by atoms with Crippen LogP contribution < -0.4 is 5.32 Å². The second-order valence-corrected chi connectivity index (χ2v) is 4.11. The summed E-state index contributed by atoms with van der Waals surface area (Å²) in [5, 5.41) is 2.86. The van der Waals surface area contributed by atoms with Crippen molar-refractivity contribution in [2.24, 2.45) is 0 Å². The van der Waals surface area contributed by atoms with E-state index in [0.29, 0.717) is 13.0 Å². The maximum atomic E-state index is 13.7. The molecule has 0 fully saturated rings. The fraction of sp³-hybridized carbons (Fsp3) is 0.385. The minimum absolute atomic E-state index is 0.221. The summed E-state index contributed by atoms with van der Waals surface area (Å²) in [5.74, 6) is 1.27.